The van der Waals surface area contributed by atoms with Gasteiger partial charge in [-0.15, -0.1) is 0 Å². The summed E-state index contributed by atoms with van der Waals surface area (Å²) in [5.74, 6) is 0. The number of benzene rings is 1. The average molecular weight is 202 g/mol. The number of hydrogen-bond donors (Lipinski definition) is 2. The Morgan fingerprint density at radius 2 is 2.00 bits per heavy atom. The molecule has 2 aromatic rings. The van der Waals surface area contributed by atoms with Crippen molar-refractivity contribution in [1.82, 2.24) is 4.98 Å². The van der Waals surface area contributed by atoms with Crippen molar-refractivity contribution < 1.29 is 5.11 Å². The summed E-state index contributed by atoms with van der Waals surface area (Å²) in [5.41, 5.74) is 6.71. The van der Waals surface area contributed by atoms with Crippen LogP contribution in [0.2, 0.25) is 0 Å². The van der Waals surface area contributed by atoms with Crippen LogP contribution in [-0.4, -0.2) is 16.7 Å². The van der Waals surface area contributed by atoms with Gasteiger partial charge in [0.1, 0.15) is 0 Å². The molecule has 15 heavy (non-hydrogen) atoms. The molecule has 0 aliphatic rings. The van der Waals surface area contributed by atoms with Crippen molar-refractivity contribution in [1.29, 1.82) is 0 Å². The third-order valence-electron chi connectivity index (χ3n) is 2.47. The number of fused-ring (bicyclic) bond motifs is 1. The predicted molar refractivity (Wildman–Crippen MR) is 60.4 cm³/mol. The summed E-state index contributed by atoms with van der Waals surface area (Å²) in [5, 5.41) is 11.0. The number of aromatic nitrogens is 1. The van der Waals surface area contributed by atoms with Crippen LogP contribution in [0.15, 0.2) is 36.5 Å². The van der Waals surface area contributed by atoms with Crippen LogP contribution in [0.1, 0.15) is 18.2 Å². The molecule has 1 aromatic carbocycles. The lowest BCUT2D eigenvalue weighted by Gasteiger charge is -2.09. The normalized spacial score (nSPS) is 12.9. The van der Waals surface area contributed by atoms with E-state index in [-0.39, 0.29) is 12.6 Å². The van der Waals surface area contributed by atoms with Crippen LogP contribution in [0.3, 0.4) is 0 Å². The molecule has 3 nitrogen and oxygen atoms in total. The number of rotatable bonds is 3. The summed E-state index contributed by atoms with van der Waals surface area (Å²) in [6, 6.07) is 9.83. The number of aliphatic hydroxyl groups excluding tert-OH is 1. The zero-order valence-electron chi connectivity index (χ0n) is 8.43. The standard InChI is InChI=1S/C12H14N2O/c13-11(5-6-15)12-7-9-3-1-2-4-10(9)8-14-12/h1-4,7-8,11,15H,5-6,13H2. The first-order chi connectivity index (χ1) is 7.31. The molecule has 0 spiro atoms. The maximum absolute atomic E-state index is 8.80. The average Bonchev–Trinajstić information content (AvgIpc) is 2.29. The van der Waals surface area contributed by atoms with Crippen molar-refractivity contribution in [3.8, 4) is 0 Å². The van der Waals surface area contributed by atoms with E-state index in [2.05, 4.69) is 4.98 Å². The summed E-state index contributed by atoms with van der Waals surface area (Å²) in [6.45, 7) is 0.0929. The second-order valence-electron chi connectivity index (χ2n) is 3.58. The van der Waals surface area contributed by atoms with E-state index in [9.17, 15) is 0 Å². The van der Waals surface area contributed by atoms with Crippen LogP contribution < -0.4 is 5.73 Å². The maximum atomic E-state index is 8.80. The SMILES string of the molecule is NC(CCO)c1cc2ccccc2cn1. The van der Waals surface area contributed by atoms with Crippen LogP contribution in [0.4, 0.5) is 0 Å². The summed E-state index contributed by atoms with van der Waals surface area (Å²) in [6.07, 6.45) is 2.37. The molecular weight excluding hydrogens is 188 g/mol. The molecule has 1 aromatic heterocycles. The quantitative estimate of drug-likeness (QED) is 0.795. The highest BCUT2D eigenvalue weighted by Crippen LogP contribution is 2.17. The van der Waals surface area contributed by atoms with E-state index in [0.29, 0.717) is 6.42 Å². The van der Waals surface area contributed by atoms with E-state index in [1.165, 1.54) is 0 Å². The monoisotopic (exact) mass is 202 g/mol. The third kappa shape index (κ3) is 2.14. The van der Waals surface area contributed by atoms with Gasteiger partial charge >= 0.3 is 0 Å². The highest BCUT2D eigenvalue weighted by atomic mass is 16.3. The smallest absolute Gasteiger partial charge is 0.0578 e. The van der Waals surface area contributed by atoms with Crippen molar-refractivity contribution in [3.05, 3.63) is 42.2 Å². The Hall–Kier alpha value is -1.45. The van der Waals surface area contributed by atoms with Crippen LogP contribution >= 0.6 is 0 Å². The first-order valence-corrected chi connectivity index (χ1v) is 5.02. The Morgan fingerprint density at radius 1 is 1.27 bits per heavy atom. The Labute approximate surface area is 88.6 Å². The minimum absolute atomic E-state index is 0.0929. The van der Waals surface area contributed by atoms with Crippen LogP contribution in [0, 0.1) is 0 Å². The molecule has 0 bridgehead atoms. The first kappa shape index (κ1) is 10.1. The maximum Gasteiger partial charge on any atom is 0.0578 e. The Balaban J connectivity index is 2.38. The molecule has 0 fully saturated rings. The lowest BCUT2D eigenvalue weighted by molar-refractivity contribution is 0.275. The fourth-order valence-electron chi connectivity index (χ4n) is 1.59. The molecule has 0 radical (unpaired) electrons. The predicted octanol–water partition coefficient (Wildman–Crippen LogP) is 1.62. The minimum Gasteiger partial charge on any atom is -0.396 e. The lowest BCUT2D eigenvalue weighted by atomic mass is 10.1. The molecule has 3 heteroatoms. The number of pyridine rings is 1. The van der Waals surface area contributed by atoms with Gasteiger partial charge in [0.2, 0.25) is 0 Å². The van der Waals surface area contributed by atoms with Crippen molar-refractivity contribution in [2.45, 2.75) is 12.5 Å². The van der Waals surface area contributed by atoms with Gasteiger partial charge in [0.25, 0.3) is 0 Å². The molecular formula is C12H14N2O. The highest BCUT2D eigenvalue weighted by Gasteiger charge is 2.06. The molecule has 0 amide bonds. The summed E-state index contributed by atoms with van der Waals surface area (Å²) in [7, 11) is 0. The summed E-state index contributed by atoms with van der Waals surface area (Å²) >= 11 is 0. The van der Waals surface area contributed by atoms with E-state index in [0.717, 1.165) is 16.5 Å². The van der Waals surface area contributed by atoms with Gasteiger partial charge in [0, 0.05) is 24.2 Å². The van der Waals surface area contributed by atoms with Crippen molar-refractivity contribution in [2.24, 2.45) is 5.73 Å². The van der Waals surface area contributed by atoms with Crippen LogP contribution in [0.5, 0.6) is 0 Å². The molecule has 0 aliphatic heterocycles. The zero-order chi connectivity index (χ0) is 10.7. The summed E-state index contributed by atoms with van der Waals surface area (Å²) in [4.78, 5) is 4.29. The summed E-state index contributed by atoms with van der Waals surface area (Å²) < 4.78 is 0. The Bertz CT molecular complexity index is 456. The highest BCUT2D eigenvalue weighted by molar-refractivity contribution is 5.81. The van der Waals surface area contributed by atoms with Crippen molar-refractivity contribution in [2.75, 3.05) is 6.61 Å². The van der Waals surface area contributed by atoms with Crippen molar-refractivity contribution >= 4 is 10.8 Å². The Kier molecular flexibility index (Phi) is 2.94. The molecule has 0 saturated carbocycles. The Morgan fingerprint density at radius 3 is 2.73 bits per heavy atom. The van der Waals surface area contributed by atoms with Gasteiger partial charge in [0.15, 0.2) is 0 Å². The van der Waals surface area contributed by atoms with E-state index >= 15 is 0 Å². The number of nitrogens with zero attached hydrogens (tertiary/aromatic N) is 1. The van der Waals surface area contributed by atoms with Crippen molar-refractivity contribution in [3.63, 3.8) is 0 Å². The topological polar surface area (TPSA) is 59.1 Å². The van der Waals surface area contributed by atoms with Gasteiger partial charge in [-0.2, -0.15) is 0 Å². The first-order valence-electron chi connectivity index (χ1n) is 5.02. The molecule has 78 valence electrons. The molecule has 0 saturated heterocycles. The van der Waals surface area contributed by atoms with Crippen LogP contribution in [0.25, 0.3) is 10.8 Å². The fourth-order valence-corrected chi connectivity index (χ4v) is 1.59. The third-order valence-corrected chi connectivity index (χ3v) is 2.47. The van der Waals surface area contributed by atoms with E-state index in [1.807, 2.05) is 36.5 Å². The van der Waals surface area contributed by atoms with Crippen LogP contribution in [-0.2, 0) is 0 Å². The minimum atomic E-state index is -0.181. The van der Waals surface area contributed by atoms with Gasteiger partial charge in [0.05, 0.1) is 5.69 Å². The zero-order valence-corrected chi connectivity index (χ0v) is 8.43. The number of nitrogens with two attached hydrogens (primary N) is 1. The van der Waals surface area contributed by atoms with Gasteiger partial charge in [-0.05, 0) is 17.9 Å². The van der Waals surface area contributed by atoms with Gasteiger partial charge < -0.3 is 10.8 Å². The second-order valence-corrected chi connectivity index (χ2v) is 3.58. The largest absolute Gasteiger partial charge is 0.396 e. The number of hydrogen-bond acceptors (Lipinski definition) is 3. The molecule has 1 heterocycles. The van der Waals surface area contributed by atoms with E-state index in [1.54, 1.807) is 0 Å². The molecule has 0 aliphatic carbocycles. The molecule has 1 atom stereocenters. The van der Waals surface area contributed by atoms with Gasteiger partial charge in [-0.3, -0.25) is 4.98 Å². The lowest BCUT2D eigenvalue weighted by Crippen LogP contribution is -2.13. The van der Waals surface area contributed by atoms with E-state index in [4.69, 9.17) is 10.8 Å². The molecule has 2 rings (SSSR count). The number of aliphatic hydroxyl groups is 1. The molecule has 1 unspecified atom stereocenters. The fraction of sp³-hybridized carbons (Fsp3) is 0.250. The van der Waals surface area contributed by atoms with Gasteiger partial charge in [-0.1, -0.05) is 24.3 Å². The molecule has 3 N–H and O–H groups in total. The van der Waals surface area contributed by atoms with E-state index < -0.39 is 0 Å². The van der Waals surface area contributed by atoms with Gasteiger partial charge in [-0.25, -0.2) is 0 Å². The second kappa shape index (κ2) is 4.38.